The average molecular weight is 315 g/mol. The molecule has 0 unspecified atom stereocenters. The lowest BCUT2D eigenvalue weighted by atomic mass is 10.2. The fraction of sp³-hybridized carbons (Fsp3) is 0.571. The summed E-state index contributed by atoms with van der Waals surface area (Å²) in [6.45, 7) is 4.59. The molecule has 0 fully saturated rings. The summed E-state index contributed by atoms with van der Waals surface area (Å²) in [5.74, 6) is 0.360. The lowest BCUT2D eigenvalue weighted by Crippen LogP contribution is -2.33. The van der Waals surface area contributed by atoms with E-state index in [0.29, 0.717) is 25.4 Å². The van der Waals surface area contributed by atoms with Crippen molar-refractivity contribution < 1.29 is 13.2 Å². The molecule has 1 rings (SSSR count). The number of ether oxygens (including phenoxy) is 1. The Morgan fingerprint density at radius 2 is 2.05 bits per heavy atom. The van der Waals surface area contributed by atoms with E-state index in [2.05, 4.69) is 10.0 Å². The maximum Gasteiger partial charge on any atom is 0.244 e. The molecule has 0 heterocycles. The van der Waals surface area contributed by atoms with Gasteiger partial charge >= 0.3 is 0 Å². The Kier molecular flexibility index (Phi) is 7.10. The summed E-state index contributed by atoms with van der Waals surface area (Å²) in [4.78, 5) is 2.21. The van der Waals surface area contributed by atoms with Gasteiger partial charge in [0.15, 0.2) is 0 Å². The van der Waals surface area contributed by atoms with Crippen LogP contribution in [-0.4, -0.2) is 54.2 Å². The summed E-state index contributed by atoms with van der Waals surface area (Å²) in [6.07, 6.45) is 0. The first kappa shape index (κ1) is 17.9. The van der Waals surface area contributed by atoms with E-state index >= 15 is 0 Å². The van der Waals surface area contributed by atoms with Crippen LogP contribution in [0.5, 0.6) is 5.75 Å². The summed E-state index contributed by atoms with van der Waals surface area (Å²) < 4.78 is 32.5. The van der Waals surface area contributed by atoms with Crippen molar-refractivity contribution in [2.24, 2.45) is 0 Å². The number of rotatable bonds is 9. The second-order valence-corrected chi connectivity index (χ2v) is 6.54. The van der Waals surface area contributed by atoms with Crippen LogP contribution in [0.1, 0.15) is 12.5 Å². The molecule has 7 heteroatoms. The molecule has 0 spiro atoms. The molecule has 6 nitrogen and oxygen atoms in total. The molecule has 1 aromatic carbocycles. The number of hydrogen-bond donors (Lipinski definition) is 2. The Morgan fingerprint density at radius 3 is 2.62 bits per heavy atom. The van der Waals surface area contributed by atoms with Gasteiger partial charge in [0.2, 0.25) is 10.0 Å². The summed E-state index contributed by atoms with van der Waals surface area (Å²) in [5, 5.41) is 3.02. The lowest BCUT2D eigenvalue weighted by molar-refractivity contribution is 0.357. The molecule has 0 aromatic heterocycles. The minimum atomic E-state index is -3.56. The van der Waals surface area contributed by atoms with Gasteiger partial charge in [-0.05, 0) is 38.3 Å². The molecule has 0 bridgehead atoms. The maximum absolute atomic E-state index is 12.3. The predicted octanol–water partition coefficient (Wildman–Crippen LogP) is 0.645. The largest absolute Gasteiger partial charge is 0.495 e. The third-order valence-electron chi connectivity index (χ3n) is 3.22. The Hall–Kier alpha value is -1.15. The molecule has 0 aliphatic heterocycles. The van der Waals surface area contributed by atoms with Crippen molar-refractivity contribution in [3.05, 3.63) is 23.8 Å². The number of nitrogens with zero attached hydrogens (tertiary/aromatic N) is 1. The second kappa shape index (κ2) is 8.33. The zero-order chi connectivity index (χ0) is 15.9. The molecule has 2 N–H and O–H groups in total. The molecule has 0 atom stereocenters. The van der Waals surface area contributed by atoms with Crippen molar-refractivity contribution >= 4 is 10.0 Å². The molecule has 0 saturated heterocycles. The third kappa shape index (κ3) is 5.28. The van der Waals surface area contributed by atoms with E-state index < -0.39 is 10.0 Å². The number of methoxy groups -OCH3 is 1. The highest BCUT2D eigenvalue weighted by Crippen LogP contribution is 2.24. The molecule has 0 aliphatic rings. The number of likely N-dealkylation sites (N-methyl/N-ethyl adjacent to an activating group) is 1. The molecule has 0 aliphatic carbocycles. The zero-order valence-corrected chi connectivity index (χ0v) is 14.0. The lowest BCUT2D eigenvalue weighted by Gasteiger charge is -2.15. The molecule has 1 aromatic rings. The Labute approximate surface area is 127 Å². The maximum atomic E-state index is 12.3. The van der Waals surface area contributed by atoms with Crippen LogP contribution in [0.3, 0.4) is 0 Å². The van der Waals surface area contributed by atoms with Crippen molar-refractivity contribution in [1.29, 1.82) is 0 Å². The van der Waals surface area contributed by atoms with E-state index in [9.17, 15) is 8.42 Å². The first-order chi connectivity index (χ1) is 9.94. The zero-order valence-electron chi connectivity index (χ0n) is 13.1. The number of hydrogen-bond acceptors (Lipinski definition) is 5. The van der Waals surface area contributed by atoms with Crippen molar-refractivity contribution in [2.75, 3.05) is 40.8 Å². The van der Waals surface area contributed by atoms with Gasteiger partial charge in [-0.15, -0.1) is 0 Å². The van der Waals surface area contributed by atoms with Crippen LogP contribution < -0.4 is 14.8 Å². The number of benzene rings is 1. The Morgan fingerprint density at radius 1 is 1.33 bits per heavy atom. The highest BCUT2D eigenvalue weighted by molar-refractivity contribution is 7.89. The third-order valence-corrected chi connectivity index (χ3v) is 4.72. The van der Waals surface area contributed by atoms with Crippen molar-refractivity contribution in [3.8, 4) is 5.75 Å². The summed E-state index contributed by atoms with van der Waals surface area (Å²) in [5.41, 5.74) is 0.971. The molecule has 0 saturated carbocycles. The topological polar surface area (TPSA) is 70.7 Å². The van der Waals surface area contributed by atoms with Gasteiger partial charge in [-0.1, -0.05) is 13.0 Å². The van der Waals surface area contributed by atoms with Gasteiger partial charge in [-0.3, -0.25) is 0 Å². The Bertz CT molecular complexity index is 546. The summed E-state index contributed by atoms with van der Waals surface area (Å²) in [7, 11) is 1.70. The fourth-order valence-corrected chi connectivity index (χ4v) is 3.02. The predicted molar refractivity (Wildman–Crippen MR) is 84.1 cm³/mol. The van der Waals surface area contributed by atoms with Crippen LogP contribution in [0, 0.1) is 0 Å². The van der Waals surface area contributed by atoms with E-state index in [1.165, 1.54) is 7.11 Å². The van der Waals surface area contributed by atoms with Gasteiger partial charge in [0.25, 0.3) is 0 Å². The normalized spacial score (nSPS) is 11.9. The first-order valence-electron chi connectivity index (χ1n) is 6.94. The van der Waals surface area contributed by atoms with E-state index in [4.69, 9.17) is 4.74 Å². The van der Waals surface area contributed by atoms with E-state index in [-0.39, 0.29) is 4.90 Å². The van der Waals surface area contributed by atoms with E-state index in [1.54, 1.807) is 18.2 Å². The molecular weight excluding hydrogens is 290 g/mol. The van der Waals surface area contributed by atoms with Gasteiger partial charge in [-0.2, -0.15) is 0 Å². The fourth-order valence-electron chi connectivity index (χ4n) is 1.85. The van der Waals surface area contributed by atoms with Crippen LogP contribution in [0.15, 0.2) is 23.1 Å². The van der Waals surface area contributed by atoms with Gasteiger partial charge in [0.05, 0.1) is 7.11 Å². The van der Waals surface area contributed by atoms with Crippen LogP contribution in [-0.2, 0) is 16.6 Å². The standard InChI is InChI=1S/C14H25N3O3S/c1-5-17(3)9-8-16-21(18,19)14-7-6-12(11-15-2)10-13(14)20-4/h6-7,10,15-16H,5,8-9,11H2,1-4H3. The van der Waals surface area contributed by atoms with Gasteiger partial charge in [-0.25, -0.2) is 13.1 Å². The van der Waals surface area contributed by atoms with Gasteiger partial charge < -0.3 is 15.0 Å². The van der Waals surface area contributed by atoms with Crippen molar-refractivity contribution in [3.63, 3.8) is 0 Å². The molecule has 0 amide bonds. The van der Waals surface area contributed by atoms with Gasteiger partial charge in [0.1, 0.15) is 10.6 Å². The van der Waals surface area contributed by atoms with E-state index in [1.807, 2.05) is 25.9 Å². The first-order valence-corrected chi connectivity index (χ1v) is 8.42. The molecule has 21 heavy (non-hydrogen) atoms. The summed E-state index contributed by atoms with van der Waals surface area (Å²) in [6, 6.07) is 5.10. The van der Waals surface area contributed by atoms with Crippen molar-refractivity contribution in [2.45, 2.75) is 18.4 Å². The minimum Gasteiger partial charge on any atom is -0.495 e. The van der Waals surface area contributed by atoms with Crippen LogP contribution in [0.2, 0.25) is 0 Å². The molecular formula is C14H25N3O3S. The molecule has 120 valence electrons. The Balaban J connectivity index is 2.87. The smallest absolute Gasteiger partial charge is 0.244 e. The SMILES string of the molecule is CCN(C)CCNS(=O)(=O)c1ccc(CNC)cc1OC. The van der Waals surface area contributed by atoms with Crippen molar-refractivity contribution in [1.82, 2.24) is 14.9 Å². The van der Waals surface area contributed by atoms with Gasteiger partial charge in [0, 0.05) is 19.6 Å². The van der Waals surface area contributed by atoms with Crippen LogP contribution in [0.25, 0.3) is 0 Å². The highest BCUT2D eigenvalue weighted by atomic mass is 32.2. The van der Waals surface area contributed by atoms with E-state index in [0.717, 1.165) is 12.1 Å². The number of sulfonamides is 1. The quantitative estimate of drug-likeness (QED) is 0.700. The number of nitrogens with one attached hydrogen (secondary N) is 2. The van der Waals surface area contributed by atoms with Crippen LogP contribution in [0.4, 0.5) is 0 Å². The monoisotopic (exact) mass is 315 g/mol. The average Bonchev–Trinajstić information content (AvgIpc) is 2.46. The second-order valence-electron chi connectivity index (χ2n) is 4.81. The molecule has 0 radical (unpaired) electrons. The van der Waals surface area contributed by atoms with Crippen LogP contribution >= 0.6 is 0 Å². The highest BCUT2D eigenvalue weighted by Gasteiger charge is 2.19. The summed E-state index contributed by atoms with van der Waals surface area (Å²) >= 11 is 0. The minimum absolute atomic E-state index is 0.170.